The lowest BCUT2D eigenvalue weighted by molar-refractivity contribution is -0.385. The van der Waals surface area contributed by atoms with Crippen molar-refractivity contribution in [3.63, 3.8) is 0 Å². The normalized spacial score (nSPS) is 18.3. The average Bonchev–Trinajstić information content (AvgIpc) is 3.08. The van der Waals surface area contributed by atoms with Crippen LogP contribution in [-0.2, 0) is 4.74 Å². The van der Waals surface area contributed by atoms with Gasteiger partial charge in [-0.05, 0) is 37.3 Å². The van der Waals surface area contributed by atoms with Gasteiger partial charge in [0.2, 0.25) is 0 Å². The Labute approximate surface area is 141 Å². The van der Waals surface area contributed by atoms with Gasteiger partial charge < -0.3 is 10.1 Å². The van der Waals surface area contributed by atoms with E-state index in [0.717, 1.165) is 26.1 Å². The monoisotopic (exact) mass is 327 g/mol. The van der Waals surface area contributed by atoms with Crippen LogP contribution in [0.3, 0.4) is 0 Å². The number of rotatable bonds is 6. The second kappa shape index (κ2) is 7.40. The van der Waals surface area contributed by atoms with Gasteiger partial charge in [0.1, 0.15) is 12.0 Å². The maximum absolute atomic E-state index is 10.9. The summed E-state index contributed by atoms with van der Waals surface area (Å²) in [6.45, 7) is 3.34. The van der Waals surface area contributed by atoms with Crippen molar-refractivity contribution < 1.29 is 9.66 Å². The Morgan fingerprint density at radius 2 is 2.21 bits per heavy atom. The first-order valence-electron chi connectivity index (χ1n) is 8.13. The lowest BCUT2D eigenvalue weighted by Crippen LogP contribution is -2.16. The maximum atomic E-state index is 10.9. The third-order valence-corrected chi connectivity index (χ3v) is 4.40. The molecule has 6 nitrogen and oxygen atoms in total. The van der Waals surface area contributed by atoms with Gasteiger partial charge in [0, 0.05) is 18.8 Å². The molecule has 126 valence electrons. The highest BCUT2D eigenvalue weighted by atomic mass is 16.6. The van der Waals surface area contributed by atoms with Crippen molar-refractivity contribution in [3.8, 4) is 0 Å². The zero-order chi connectivity index (χ0) is 16.9. The number of benzene rings is 1. The largest absolute Gasteiger partial charge is 0.381 e. The lowest BCUT2D eigenvalue weighted by atomic mass is 9.94. The molecule has 2 heterocycles. The molecule has 0 saturated carbocycles. The highest BCUT2D eigenvalue weighted by Crippen LogP contribution is 2.30. The van der Waals surface area contributed by atoms with Crippen LogP contribution in [0.1, 0.15) is 30.0 Å². The topological polar surface area (TPSA) is 77.3 Å². The first-order valence-corrected chi connectivity index (χ1v) is 8.13. The van der Waals surface area contributed by atoms with E-state index in [1.165, 1.54) is 11.8 Å². The van der Waals surface area contributed by atoms with E-state index in [9.17, 15) is 10.1 Å². The van der Waals surface area contributed by atoms with Gasteiger partial charge in [0.25, 0.3) is 5.69 Å². The van der Waals surface area contributed by atoms with Crippen LogP contribution in [0.25, 0.3) is 0 Å². The molecule has 1 saturated heterocycles. The fraction of sp³-hybridized carbons (Fsp3) is 0.389. The van der Waals surface area contributed by atoms with Crippen molar-refractivity contribution in [2.75, 3.05) is 18.5 Å². The first-order chi connectivity index (χ1) is 11.6. The summed E-state index contributed by atoms with van der Waals surface area (Å²) in [7, 11) is 0. The Bertz CT molecular complexity index is 700. The molecule has 1 aromatic carbocycles. The fourth-order valence-corrected chi connectivity index (χ4v) is 3.06. The summed E-state index contributed by atoms with van der Waals surface area (Å²) in [6.07, 6.45) is 3.33. The Hall–Kier alpha value is -2.47. The van der Waals surface area contributed by atoms with E-state index in [0.29, 0.717) is 17.3 Å². The minimum atomic E-state index is -0.406. The number of aromatic nitrogens is 1. The number of anilines is 1. The fourth-order valence-electron chi connectivity index (χ4n) is 3.06. The van der Waals surface area contributed by atoms with Crippen LogP contribution in [0.15, 0.2) is 42.6 Å². The molecule has 24 heavy (non-hydrogen) atoms. The molecule has 1 aliphatic heterocycles. The molecule has 2 atom stereocenters. The third kappa shape index (κ3) is 3.89. The summed E-state index contributed by atoms with van der Waals surface area (Å²) in [5.74, 6) is 1.17. The Balaban J connectivity index is 1.80. The number of nitro groups is 1. The van der Waals surface area contributed by atoms with E-state index in [4.69, 9.17) is 4.74 Å². The number of aryl methyl sites for hydroxylation is 1. The van der Waals surface area contributed by atoms with Crippen LogP contribution in [0.2, 0.25) is 0 Å². The number of hydrogen-bond donors (Lipinski definition) is 1. The summed E-state index contributed by atoms with van der Waals surface area (Å²) < 4.78 is 5.49. The van der Waals surface area contributed by atoms with E-state index in [1.807, 2.05) is 18.2 Å². The molecule has 0 amide bonds. The summed E-state index contributed by atoms with van der Waals surface area (Å²) in [5.41, 5.74) is 1.83. The number of pyridine rings is 1. The van der Waals surface area contributed by atoms with Crippen LogP contribution < -0.4 is 5.32 Å². The molecule has 2 unspecified atom stereocenters. The van der Waals surface area contributed by atoms with E-state index in [2.05, 4.69) is 22.4 Å². The summed E-state index contributed by atoms with van der Waals surface area (Å²) in [5, 5.41) is 14.4. The van der Waals surface area contributed by atoms with E-state index < -0.39 is 4.92 Å². The van der Waals surface area contributed by atoms with Crippen LogP contribution in [0, 0.1) is 23.0 Å². The van der Waals surface area contributed by atoms with E-state index in [1.54, 1.807) is 13.0 Å². The van der Waals surface area contributed by atoms with E-state index in [-0.39, 0.29) is 11.7 Å². The summed E-state index contributed by atoms with van der Waals surface area (Å²) >= 11 is 0. The van der Waals surface area contributed by atoms with Crippen molar-refractivity contribution in [1.82, 2.24) is 4.98 Å². The van der Waals surface area contributed by atoms with Gasteiger partial charge in [-0.15, -0.1) is 0 Å². The summed E-state index contributed by atoms with van der Waals surface area (Å²) in [6, 6.07) is 12.0. The molecule has 1 aromatic heterocycles. The number of ether oxygens (including phenoxy) is 1. The number of nitrogens with one attached hydrogen (secondary N) is 1. The second-order valence-corrected chi connectivity index (χ2v) is 6.19. The quantitative estimate of drug-likeness (QED) is 0.643. The maximum Gasteiger partial charge on any atom is 0.290 e. The molecule has 0 spiro atoms. The molecule has 0 aliphatic carbocycles. The smallest absolute Gasteiger partial charge is 0.290 e. The van der Waals surface area contributed by atoms with Gasteiger partial charge in [-0.2, -0.15) is 0 Å². The molecular formula is C18H21N3O3. The van der Waals surface area contributed by atoms with Gasteiger partial charge in [0.15, 0.2) is 0 Å². The van der Waals surface area contributed by atoms with Gasteiger partial charge in [-0.3, -0.25) is 10.1 Å². The van der Waals surface area contributed by atoms with Gasteiger partial charge >= 0.3 is 0 Å². The minimum Gasteiger partial charge on any atom is -0.381 e. The van der Waals surface area contributed by atoms with Crippen LogP contribution in [0.5, 0.6) is 0 Å². The Morgan fingerprint density at radius 1 is 1.42 bits per heavy atom. The van der Waals surface area contributed by atoms with Crippen LogP contribution >= 0.6 is 0 Å². The van der Waals surface area contributed by atoms with Gasteiger partial charge in [-0.1, -0.05) is 30.3 Å². The zero-order valence-electron chi connectivity index (χ0n) is 13.6. The standard InChI is InChI=1S/C18H21N3O3/c1-13-9-18(19-11-17(13)21(22)23)20-16(10-14-7-8-24-12-14)15-5-3-2-4-6-15/h2-6,9,11,14,16H,7-8,10,12H2,1H3,(H,19,20). The highest BCUT2D eigenvalue weighted by molar-refractivity contribution is 5.48. The lowest BCUT2D eigenvalue weighted by Gasteiger charge is -2.22. The molecule has 0 radical (unpaired) electrons. The van der Waals surface area contributed by atoms with Gasteiger partial charge in [-0.25, -0.2) is 4.98 Å². The molecule has 6 heteroatoms. The number of nitrogens with zero attached hydrogens (tertiary/aromatic N) is 2. The van der Waals surface area contributed by atoms with E-state index >= 15 is 0 Å². The molecule has 0 bridgehead atoms. The molecule has 1 fully saturated rings. The van der Waals surface area contributed by atoms with Crippen molar-refractivity contribution in [2.45, 2.75) is 25.8 Å². The molecular weight excluding hydrogens is 306 g/mol. The first kappa shape index (κ1) is 16.4. The third-order valence-electron chi connectivity index (χ3n) is 4.40. The van der Waals surface area contributed by atoms with Gasteiger partial charge in [0.05, 0.1) is 11.0 Å². The molecule has 1 N–H and O–H groups in total. The van der Waals surface area contributed by atoms with Crippen LogP contribution in [0.4, 0.5) is 11.5 Å². The molecule has 1 aliphatic rings. The van der Waals surface area contributed by atoms with Crippen molar-refractivity contribution in [2.24, 2.45) is 5.92 Å². The van der Waals surface area contributed by atoms with Crippen LogP contribution in [-0.4, -0.2) is 23.1 Å². The Kier molecular flexibility index (Phi) is 5.05. The minimum absolute atomic E-state index is 0.0426. The van der Waals surface area contributed by atoms with Crippen molar-refractivity contribution in [1.29, 1.82) is 0 Å². The SMILES string of the molecule is Cc1cc(NC(CC2CCOC2)c2ccccc2)ncc1[N+](=O)[O-]. The summed E-state index contributed by atoms with van der Waals surface area (Å²) in [4.78, 5) is 14.7. The predicted molar refractivity (Wildman–Crippen MR) is 92.0 cm³/mol. The van der Waals surface area contributed by atoms with Crippen molar-refractivity contribution >= 4 is 11.5 Å². The average molecular weight is 327 g/mol. The predicted octanol–water partition coefficient (Wildman–Crippen LogP) is 3.88. The van der Waals surface area contributed by atoms with Crippen molar-refractivity contribution in [3.05, 3.63) is 63.8 Å². The second-order valence-electron chi connectivity index (χ2n) is 6.19. The Morgan fingerprint density at radius 3 is 2.83 bits per heavy atom. The number of hydrogen-bond acceptors (Lipinski definition) is 5. The molecule has 2 aromatic rings. The zero-order valence-corrected chi connectivity index (χ0v) is 13.6. The molecule has 3 rings (SSSR count). The highest BCUT2D eigenvalue weighted by Gasteiger charge is 2.22.